The number of aromatic nitrogens is 4. The van der Waals surface area contributed by atoms with Crippen LogP contribution in [0.5, 0.6) is 0 Å². The van der Waals surface area contributed by atoms with Crippen molar-refractivity contribution in [2.45, 2.75) is 0 Å². The fourth-order valence-corrected chi connectivity index (χ4v) is 11.2. The highest BCUT2D eigenvalue weighted by atomic mass is 15.1. The van der Waals surface area contributed by atoms with E-state index in [1.54, 1.807) is 0 Å². The maximum atomic E-state index is 11.6. The highest BCUT2D eigenvalue weighted by Crippen LogP contribution is 2.46. The van der Waals surface area contributed by atoms with Gasteiger partial charge in [0.1, 0.15) is 11.6 Å². The van der Waals surface area contributed by atoms with Gasteiger partial charge in [-0.15, -0.1) is 0 Å². The molecule has 4 heterocycles. The molecule has 0 fully saturated rings. The number of para-hydroxylation sites is 8. The second kappa shape index (κ2) is 14.4. The van der Waals surface area contributed by atoms with Crippen LogP contribution in [0, 0.1) is 17.9 Å². The number of nitrogens with zero attached hydrogens (tertiary/aromatic N) is 6. The summed E-state index contributed by atoms with van der Waals surface area (Å²) in [5.41, 5.74) is 14.1. The standard InChI is InChI=1S/C62H36N6/c1-64-62-60(67-54-30-14-6-22-45(54)46-23-7-15-31-55(46)67)36-40(37-61(62)68-56-32-16-8-24-47(56)48-25-9-17-33-57(48)68)39-34-58(65-50-26-10-2-18-41(50)42-19-3-11-27-51(42)65)49(38-63)59(35-39)66-52-28-12-4-20-43(52)44-21-5-13-29-53(44)66/h2-37H. The smallest absolute Gasteiger partial charge is 0.233 e. The van der Waals surface area contributed by atoms with Crippen LogP contribution < -0.4 is 0 Å². The summed E-state index contributed by atoms with van der Waals surface area (Å²) in [5, 5.41) is 20.5. The molecule has 0 spiro atoms. The zero-order chi connectivity index (χ0) is 45.0. The summed E-state index contributed by atoms with van der Waals surface area (Å²) in [5.74, 6) is 0. The van der Waals surface area contributed by atoms with Gasteiger partial charge in [0.15, 0.2) is 0 Å². The van der Waals surface area contributed by atoms with Crippen molar-refractivity contribution in [2.24, 2.45) is 0 Å². The number of rotatable bonds is 5. The quantitative estimate of drug-likeness (QED) is 0.159. The second-order valence-electron chi connectivity index (χ2n) is 17.5. The molecule has 0 aliphatic heterocycles. The van der Waals surface area contributed by atoms with E-state index in [0.717, 1.165) is 121 Å². The third-order valence-corrected chi connectivity index (χ3v) is 14.0. The molecule has 14 aromatic rings. The molecule has 0 aliphatic rings. The Morgan fingerprint density at radius 1 is 0.309 bits per heavy atom. The van der Waals surface area contributed by atoms with E-state index in [1.807, 2.05) is 0 Å². The largest absolute Gasteiger partial charge is 0.319 e. The molecule has 314 valence electrons. The highest BCUT2D eigenvalue weighted by molar-refractivity contribution is 6.14. The average Bonchev–Trinajstić information content (AvgIpc) is 4.13. The van der Waals surface area contributed by atoms with Crippen LogP contribution in [0.25, 0.3) is 126 Å². The van der Waals surface area contributed by atoms with E-state index in [1.165, 1.54) is 0 Å². The number of nitriles is 1. The predicted molar refractivity (Wildman–Crippen MR) is 280 cm³/mol. The van der Waals surface area contributed by atoms with Gasteiger partial charge in [0.2, 0.25) is 5.69 Å². The Hall–Kier alpha value is -9.62. The summed E-state index contributed by atoms with van der Waals surface area (Å²) < 4.78 is 9.06. The van der Waals surface area contributed by atoms with Gasteiger partial charge in [-0.05, 0) is 83.9 Å². The Bertz CT molecular complexity index is 3760. The number of hydrogen-bond acceptors (Lipinski definition) is 1. The lowest BCUT2D eigenvalue weighted by atomic mass is 9.98. The van der Waals surface area contributed by atoms with Crippen LogP contribution in [0.15, 0.2) is 218 Å². The summed E-state index contributed by atoms with van der Waals surface area (Å²) in [6.07, 6.45) is 0. The molecule has 0 N–H and O–H groups in total. The van der Waals surface area contributed by atoms with Gasteiger partial charge in [-0.25, -0.2) is 4.85 Å². The third kappa shape index (κ3) is 5.20. The van der Waals surface area contributed by atoms with Gasteiger partial charge in [-0.3, -0.25) is 0 Å². The molecule has 0 amide bonds. The first-order valence-electron chi connectivity index (χ1n) is 22.8. The summed E-state index contributed by atoms with van der Waals surface area (Å²) in [6, 6.07) is 79.2. The Morgan fingerprint density at radius 3 is 0.735 bits per heavy atom. The van der Waals surface area contributed by atoms with Crippen molar-refractivity contribution < 1.29 is 0 Å². The Labute approximate surface area is 390 Å². The predicted octanol–water partition coefficient (Wildman–Crippen LogP) is 16.2. The van der Waals surface area contributed by atoms with Crippen LogP contribution in [0.3, 0.4) is 0 Å². The van der Waals surface area contributed by atoms with Crippen LogP contribution in [-0.4, -0.2) is 18.3 Å². The molecule has 0 radical (unpaired) electrons. The molecule has 4 aromatic heterocycles. The molecule has 0 aliphatic carbocycles. The van der Waals surface area contributed by atoms with Crippen LogP contribution >= 0.6 is 0 Å². The van der Waals surface area contributed by atoms with Crippen molar-refractivity contribution in [3.05, 3.63) is 235 Å². The molecular formula is C62H36N6. The third-order valence-electron chi connectivity index (χ3n) is 14.0. The fraction of sp³-hybridized carbons (Fsp3) is 0. The summed E-state index contributed by atoms with van der Waals surface area (Å²) in [4.78, 5) is 4.48. The normalized spacial score (nSPS) is 11.8. The SMILES string of the molecule is [C-]#[N+]c1c(-n2c3ccccc3c3ccccc32)cc(-c2cc(-n3c4ccccc4c4ccccc43)c(C#N)c(-n3c4ccccc4c4ccccc43)c2)cc1-n1c2ccccc2c2ccccc21. The number of hydrogen-bond donors (Lipinski definition) is 0. The van der Waals surface area contributed by atoms with Gasteiger partial charge in [0.25, 0.3) is 0 Å². The van der Waals surface area contributed by atoms with Crippen molar-refractivity contribution in [2.75, 3.05) is 0 Å². The van der Waals surface area contributed by atoms with Crippen molar-refractivity contribution in [3.63, 3.8) is 0 Å². The van der Waals surface area contributed by atoms with Crippen LogP contribution in [0.2, 0.25) is 0 Å². The molecule has 0 bridgehead atoms. The molecule has 14 rings (SSSR count). The zero-order valence-corrected chi connectivity index (χ0v) is 36.5. The molecule has 0 unspecified atom stereocenters. The molecule has 0 saturated carbocycles. The van der Waals surface area contributed by atoms with Gasteiger partial charge in [-0.1, -0.05) is 146 Å². The van der Waals surface area contributed by atoms with Crippen molar-refractivity contribution in [1.82, 2.24) is 18.3 Å². The minimum absolute atomic E-state index is 0.533. The molecule has 6 heteroatoms. The Kier molecular flexibility index (Phi) is 8.01. The van der Waals surface area contributed by atoms with Gasteiger partial charge < -0.3 is 18.3 Å². The van der Waals surface area contributed by atoms with Crippen molar-refractivity contribution in [3.8, 4) is 39.9 Å². The van der Waals surface area contributed by atoms with Crippen molar-refractivity contribution >= 4 is 92.9 Å². The van der Waals surface area contributed by atoms with Crippen molar-refractivity contribution in [1.29, 1.82) is 5.26 Å². The van der Waals surface area contributed by atoms with E-state index < -0.39 is 0 Å². The summed E-state index contributed by atoms with van der Waals surface area (Å²) in [7, 11) is 0. The monoisotopic (exact) mass is 864 g/mol. The van der Waals surface area contributed by atoms with Crippen LogP contribution in [-0.2, 0) is 0 Å². The number of fused-ring (bicyclic) bond motifs is 12. The van der Waals surface area contributed by atoms with E-state index in [0.29, 0.717) is 11.3 Å². The minimum atomic E-state index is 0.533. The van der Waals surface area contributed by atoms with E-state index >= 15 is 0 Å². The second-order valence-corrected chi connectivity index (χ2v) is 17.5. The molecule has 6 nitrogen and oxygen atoms in total. The fourth-order valence-electron chi connectivity index (χ4n) is 11.2. The van der Waals surface area contributed by atoms with E-state index in [4.69, 9.17) is 6.57 Å². The van der Waals surface area contributed by atoms with Crippen LogP contribution in [0.4, 0.5) is 5.69 Å². The maximum Gasteiger partial charge on any atom is 0.233 e. The summed E-state index contributed by atoms with van der Waals surface area (Å²) in [6.45, 7) is 9.11. The maximum absolute atomic E-state index is 11.6. The lowest BCUT2D eigenvalue weighted by Gasteiger charge is -2.21. The Balaban J connectivity index is 1.18. The first-order chi connectivity index (χ1) is 33.7. The van der Waals surface area contributed by atoms with E-state index in [9.17, 15) is 5.26 Å². The lowest BCUT2D eigenvalue weighted by molar-refractivity contribution is 1.12. The zero-order valence-electron chi connectivity index (χ0n) is 36.5. The molecule has 0 saturated heterocycles. The van der Waals surface area contributed by atoms with Gasteiger partial charge >= 0.3 is 0 Å². The van der Waals surface area contributed by atoms with Crippen LogP contribution in [0.1, 0.15) is 5.56 Å². The first kappa shape index (κ1) is 37.7. The summed E-state index contributed by atoms with van der Waals surface area (Å²) >= 11 is 0. The van der Waals surface area contributed by atoms with Gasteiger partial charge in [0, 0.05) is 43.1 Å². The van der Waals surface area contributed by atoms with E-state index in [-0.39, 0.29) is 0 Å². The van der Waals surface area contributed by atoms with Gasteiger partial charge in [0.05, 0.1) is 73.5 Å². The van der Waals surface area contributed by atoms with Gasteiger partial charge in [-0.2, -0.15) is 5.26 Å². The highest BCUT2D eigenvalue weighted by Gasteiger charge is 2.26. The average molecular weight is 865 g/mol. The minimum Gasteiger partial charge on any atom is -0.319 e. The molecule has 0 atom stereocenters. The Morgan fingerprint density at radius 2 is 0.515 bits per heavy atom. The topological polar surface area (TPSA) is 47.9 Å². The molecular weight excluding hydrogens is 829 g/mol. The van der Waals surface area contributed by atoms with E-state index in [2.05, 4.69) is 248 Å². The lowest BCUT2D eigenvalue weighted by Crippen LogP contribution is -2.06. The molecule has 10 aromatic carbocycles. The molecule has 68 heavy (non-hydrogen) atoms. The number of benzene rings is 10. The first-order valence-corrected chi connectivity index (χ1v) is 22.8.